The molecule has 0 heterocycles. The van der Waals surface area contributed by atoms with Gasteiger partial charge in [0.05, 0.1) is 10.2 Å². The molecule has 2 N–H and O–H groups in total. The summed E-state index contributed by atoms with van der Waals surface area (Å²) in [5.41, 5.74) is -4.31. The molecule has 0 saturated carbocycles. The maximum Gasteiger partial charge on any atom is 0.422 e. The first-order valence-electron chi connectivity index (χ1n) is 10.8. The van der Waals surface area contributed by atoms with Gasteiger partial charge in [0, 0.05) is 28.3 Å². The number of thioether (sulfide) groups is 1. The maximum atomic E-state index is 14.2. The van der Waals surface area contributed by atoms with E-state index < -0.39 is 62.7 Å². The molecule has 0 spiro atoms. The van der Waals surface area contributed by atoms with E-state index in [4.69, 9.17) is 0 Å². The zero-order valence-electron chi connectivity index (χ0n) is 19.5. The molecule has 1 atom stereocenters. The molecule has 0 aliphatic rings. The molecule has 15 heteroatoms. The number of carbonyl (C=O) groups is 2. The van der Waals surface area contributed by atoms with Crippen molar-refractivity contribution in [2.24, 2.45) is 0 Å². The summed E-state index contributed by atoms with van der Waals surface area (Å²) in [6.07, 6.45) is -5.70. The molecule has 7 nitrogen and oxygen atoms in total. The Kier molecular flexibility index (Phi) is 8.84. The number of alkyl halides is 3. The number of amides is 2. The van der Waals surface area contributed by atoms with Crippen molar-refractivity contribution in [3.63, 3.8) is 0 Å². The standard InChI is InChI=1S/C24H16F7N3O4S/c1-2-15(23(36)33-21-19(27)17(25)16(24(29,30)31)18(26)20(21)28)39-14-5-3-4-12(10-14)32-22(35)11-6-8-13(9-7-11)34(37)38/h3-10,15H,2H2,1H3,(H,32,35)(H,33,36). The fraction of sp³-hybridized carbons (Fsp3) is 0.167. The third kappa shape index (κ3) is 6.66. The zero-order chi connectivity index (χ0) is 29.1. The molecule has 1 unspecified atom stereocenters. The van der Waals surface area contributed by atoms with E-state index in [2.05, 4.69) is 5.32 Å². The second-order valence-corrected chi connectivity index (χ2v) is 9.07. The molecule has 3 aromatic rings. The van der Waals surface area contributed by atoms with E-state index in [1.807, 2.05) is 0 Å². The number of hydrogen-bond acceptors (Lipinski definition) is 5. The van der Waals surface area contributed by atoms with Crippen molar-refractivity contribution in [2.45, 2.75) is 29.7 Å². The zero-order valence-corrected chi connectivity index (χ0v) is 20.4. The monoisotopic (exact) mass is 575 g/mol. The fourth-order valence-corrected chi connectivity index (χ4v) is 4.28. The van der Waals surface area contributed by atoms with Crippen molar-refractivity contribution < 1.29 is 45.2 Å². The highest BCUT2D eigenvalue weighted by atomic mass is 32.2. The number of anilines is 2. The van der Waals surface area contributed by atoms with Gasteiger partial charge in [-0.3, -0.25) is 19.7 Å². The number of halogens is 7. The Balaban J connectivity index is 1.76. The highest BCUT2D eigenvalue weighted by Gasteiger charge is 2.42. The van der Waals surface area contributed by atoms with Crippen LogP contribution in [0.5, 0.6) is 0 Å². The van der Waals surface area contributed by atoms with Crippen LogP contribution >= 0.6 is 11.8 Å². The van der Waals surface area contributed by atoms with Gasteiger partial charge in [0.15, 0.2) is 23.3 Å². The number of nitro groups is 1. The summed E-state index contributed by atoms with van der Waals surface area (Å²) in [5, 5.41) is 13.8. The second kappa shape index (κ2) is 11.7. The SMILES string of the molecule is CCC(Sc1cccc(NC(=O)c2ccc([N+](=O)[O-])cc2)c1)C(=O)Nc1c(F)c(F)c(C(F)(F)F)c(F)c1F. The van der Waals surface area contributed by atoms with Crippen LogP contribution in [-0.4, -0.2) is 22.0 Å². The Hall–Kier alpha value is -4.14. The molecule has 206 valence electrons. The summed E-state index contributed by atoms with van der Waals surface area (Å²) in [5.74, 6) is -12.0. The minimum absolute atomic E-state index is 0.0186. The van der Waals surface area contributed by atoms with Crippen LogP contribution in [0.3, 0.4) is 0 Å². The Morgan fingerprint density at radius 2 is 1.54 bits per heavy atom. The summed E-state index contributed by atoms with van der Waals surface area (Å²) in [6.45, 7) is 1.50. The van der Waals surface area contributed by atoms with E-state index in [1.54, 1.807) is 5.32 Å². The molecule has 0 aliphatic carbocycles. The van der Waals surface area contributed by atoms with Crippen LogP contribution in [0.25, 0.3) is 0 Å². The van der Waals surface area contributed by atoms with Gasteiger partial charge in [-0.15, -0.1) is 11.8 Å². The Bertz CT molecular complexity index is 1400. The van der Waals surface area contributed by atoms with Gasteiger partial charge >= 0.3 is 6.18 Å². The van der Waals surface area contributed by atoms with Crippen LogP contribution in [0.2, 0.25) is 0 Å². The number of nitrogens with zero attached hydrogens (tertiary/aromatic N) is 1. The normalized spacial score (nSPS) is 12.1. The van der Waals surface area contributed by atoms with Gasteiger partial charge < -0.3 is 10.6 Å². The Morgan fingerprint density at radius 1 is 0.949 bits per heavy atom. The lowest BCUT2D eigenvalue weighted by molar-refractivity contribution is -0.384. The van der Waals surface area contributed by atoms with Gasteiger partial charge in [0.2, 0.25) is 5.91 Å². The number of non-ortho nitro benzene ring substituents is 1. The van der Waals surface area contributed by atoms with Crippen LogP contribution in [-0.2, 0) is 11.0 Å². The number of carbonyl (C=O) groups excluding carboxylic acids is 2. The lowest BCUT2D eigenvalue weighted by atomic mass is 10.1. The molecule has 2 amide bonds. The van der Waals surface area contributed by atoms with Crippen LogP contribution in [0, 0.1) is 33.4 Å². The lowest BCUT2D eigenvalue weighted by Crippen LogP contribution is -2.27. The summed E-state index contributed by atoms with van der Waals surface area (Å²) in [7, 11) is 0. The highest BCUT2D eigenvalue weighted by Crippen LogP contribution is 2.39. The molecular weight excluding hydrogens is 559 g/mol. The minimum Gasteiger partial charge on any atom is -0.322 e. The predicted molar refractivity (Wildman–Crippen MR) is 127 cm³/mol. The average Bonchev–Trinajstić information content (AvgIpc) is 2.88. The largest absolute Gasteiger partial charge is 0.422 e. The smallest absolute Gasteiger partial charge is 0.322 e. The van der Waals surface area contributed by atoms with Crippen molar-refractivity contribution >= 4 is 40.6 Å². The molecule has 0 saturated heterocycles. The van der Waals surface area contributed by atoms with Gasteiger partial charge in [-0.2, -0.15) is 13.2 Å². The van der Waals surface area contributed by atoms with Gasteiger partial charge in [0.25, 0.3) is 11.6 Å². The van der Waals surface area contributed by atoms with E-state index in [9.17, 15) is 50.4 Å². The molecule has 0 fully saturated rings. The lowest BCUT2D eigenvalue weighted by Gasteiger charge is -2.18. The third-order valence-corrected chi connectivity index (χ3v) is 6.53. The van der Waals surface area contributed by atoms with Crippen molar-refractivity contribution in [3.05, 3.63) is 93.0 Å². The molecule has 0 bridgehead atoms. The molecule has 3 rings (SSSR count). The van der Waals surface area contributed by atoms with Gasteiger partial charge in [0.1, 0.15) is 11.3 Å². The van der Waals surface area contributed by atoms with Crippen molar-refractivity contribution in [3.8, 4) is 0 Å². The third-order valence-electron chi connectivity index (χ3n) is 5.17. The summed E-state index contributed by atoms with van der Waals surface area (Å²) in [6, 6.07) is 10.7. The molecule has 0 aliphatic heterocycles. The van der Waals surface area contributed by atoms with E-state index in [1.165, 1.54) is 43.3 Å². The summed E-state index contributed by atoms with van der Waals surface area (Å²) in [4.78, 5) is 35.6. The quantitative estimate of drug-likeness (QED) is 0.0997. The number of hydrogen-bond donors (Lipinski definition) is 2. The van der Waals surface area contributed by atoms with Gasteiger partial charge in [-0.1, -0.05) is 13.0 Å². The van der Waals surface area contributed by atoms with E-state index in [-0.39, 0.29) is 23.4 Å². The van der Waals surface area contributed by atoms with Crippen LogP contribution in [0.1, 0.15) is 29.3 Å². The first-order valence-corrected chi connectivity index (χ1v) is 11.7. The predicted octanol–water partition coefficient (Wildman–Crippen LogP) is 6.93. The van der Waals surface area contributed by atoms with Crippen LogP contribution in [0.15, 0.2) is 53.4 Å². The van der Waals surface area contributed by atoms with Crippen LogP contribution < -0.4 is 10.6 Å². The van der Waals surface area contributed by atoms with Gasteiger partial charge in [-0.25, -0.2) is 17.6 Å². The molecule has 39 heavy (non-hydrogen) atoms. The van der Waals surface area contributed by atoms with E-state index in [0.29, 0.717) is 4.90 Å². The molecular formula is C24H16F7N3O4S. The first-order chi connectivity index (χ1) is 18.2. The van der Waals surface area contributed by atoms with Gasteiger partial charge in [-0.05, 0) is 36.8 Å². The average molecular weight is 575 g/mol. The van der Waals surface area contributed by atoms with Crippen molar-refractivity contribution in [1.29, 1.82) is 0 Å². The van der Waals surface area contributed by atoms with Crippen LogP contribution in [0.4, 0.5) is 47.8 Å². The second-order valence-electron chi connectivity index (χ2n) is 7.79. The Morgan fingerprint density at radius 3 is 2.05 bits per heavy atom. The first kappa shape index (κ1) is 29.4. The van der Waals surface area contributed by atoms with E-state index in [0.717, 1.165) is 23.9 Å². The summed E-state index contributed by atoms with van der Waals surface area (Å²) < 4.78 is 94.5. The highest BCUT2D eigenvalue weighted by molar-refractivity contribution is 8.00. The molecule has 0 radical (unpaired) electrons. The Labute approximate surface area is 219 Å². The maximum absolute atomic E-state index is 14.2. The van der Waals surface area contributed by atoms with Crippen molar-refractivity contribution in [1.82, 2.24) is 0 Å². The topological polar surface area (TPSA) is 101 Å². The number of nitro benzene ring substituents is 1. The number of rotatable bonds is 8. The minimum atomic E-state index is -5.72. The molecule has 3 aromatic carbocycles. The molecule has 0 aromatic heterocycles. The summed E-state index contributed by atoms with van der Waals surface area (Å²) >= 11 is 0.835. The number of benzene rings is 3. The number of nitrogens with one attached hydrogen (secondary N) is 2. The van der Waals surface area contributed by atoms with E-state index >= 15 is 0 Å². The van der Waals surface area contributed by atoms with Crippen molar-refractivity contribution in [2.75, 3.05) is 10.6 Å². The fourth-order valence-electron chi connectivity index (χ4n) is 3.27.